The number of methoxy groups -OCH3 is 1. The SMILES string of the molecule is CCC(C)(OC)c1ncc2c(n1)CCC(CNC(C)C)C2. The highest BCUT2D eigenvalue weighted by atomic mass is 16.5. The molecule has 1 aliphatic carbocycles. The van der Waals surface area contributed by atoms with Gasteiger partial charge in [-0.2, -0.15) is 0 Å². The maximum absolute atomic E-state index is 5.62. The van der Waals surface area contributed by atoms with Crippen LogP contribution in [0.25, 0.3) is 0 Å². The molecule has 0 saturated heterocycles. The van der Waals surface area contributed by atoms with Crippen LogP contribution in [0.15, 0.2) is 6.20 Å². The van der Waals surface area contributed by atoms with Gasteiger partial charge in [-0.1, -0.05) is 20.8 Å². The highest BCUT2D eigenvalue weighted by Gasteiger charge is 2.29. The molecule has 118 valence electrons. The molecule has 4 heteroatoms. The Morgan fingerprint density at radius 1 is 1.48 bits per heavy atom. The Bertz CT molecular complexity index is 469. The Morgan fingerprint density at radius 2 is 2.24 bits per heavy atom. The van der Waals surface area contributed by atoms with E-state index in [9.17, 15) is 0 Å². The van der Waals surface area contributed by atoms with Crippen LogP contribution in [-0.2, 0) is 23.2 Å². The van der Waals surface area contributed by atoms with Gasteiger partial charge in [0, 0.05) is 25.0 Å². The maximum atomic E-state index is 5.62. The van der Waals surface area contributed by atoms with Crippen LogP contribution in [0.1, 0.15) is 57.6 Å². The van der Waals surface area contributed by atoms with E-state index >= 15 is 0 Å². The van der Waals surface area contributed by atoms with Gasteiger partial charge in [0.1, 0.15) is 5.60 Å². The Kier molecular flexibility index (Phi) is 5.33. The van der Waals surface area contributed by atoms with E-state index < -0.39 is 0 Å². The predicted octanol–water partition coefficient (Wildman–Crippen LogP) is 2.85. The first kappa shape index (κ1) is 16.4. The lowest BCUT2D eigenvalue weighted by molar-refractivity contribution is -0.00926. The minimum atomic E-state index is -0.370. The molecule has 0 aliphatic heterocycles. The Labute approximate surface area is 128 Å². The summed E-state index contributed by atoms with van der Waals surface area (Å²) < 4.78 is 5.62. The smallest absolute Gasteiger partial charge is 0.160 e. The standard InChI is InChI=1S/C17H29N3O/c1-6-17(4,21-5)16-19-11-14-9-13(10-18-12(2)3)7-8-15(14)20-16/h11-13,18H,6-10H2,1-5H3. The summed E-state index contributed by atoms with van der Waals surface area (Å²) in [5.74, 6) is 1.53. The second kappa shape index (κ2) is 6.84. The van der Waals surface area contributed by atoms with Crippen molar-refractivity contribution in [3.8, 4) is 0 Å². The molecule has 0 bridgehead atoms. The number of hydrogen-bond donors (Lipinski definition) is 1. The van der Waals surface area contributed by atoms with Crippen LogP contribution >= 0.6 is 0 Å². The first-order valence-electron chi connectivity index (χ1n) is 8.12. The lowest BCUT2D eigenvalue weighted by Gasteiger charge is -2.28. The van der Waals surface area contributed by atoms with Crippen molar-refractivity contribution in [1.29, 1.82) is 0 Å². The molecule has 21 heavy (non-hydrogen) atoms. The normalized spacial score (nSPS) is 21.1. The largest absolute Gasteiger partial charge is 0.371 e. The van der Waals surface area contributed by atoms with Gasteiger partial charge < -0.3 is 10.1 Å². The van der Waals surface area contributed by atoms with Gasteiger partial charge in [-0.3, -0.25) is 0 Å². The van der Waals surface area contributed by atoms with Crippen LogP contribution in [0.3, 0.4) is 0 Å². The van der Waals surface area contributed by atoms with Gasteiger partial charge in [0.2, 0.25) is 0 Å². The monoisotopic (exact) mass is 291 g/mol. The molecule has 1 aromatic heterocycles. The molecule has 2 unspecified atom stereocenters. The average molecular weight is 291 g/mol. The van der Waals surface area contributed by atoms with Crippen molar-refractivity contribution in [2.75, 3.05) is 13.7 Å². The number of fused-ring (bicyclic) bond motifs is 1. The van der Waals surface area contributed by atoms with E-state index in [1.807, 2.05) is 6.20 Å². The molecule has 0 aromatic carbocycles. The molecule has 1 heterocycles. The highest BCUT2D eigenvalue weighted by Crippen LogP contribution is 2.29. The predicted molar refractivity (Wildman–Crippen MR) is 85.3 cm³/mol. The van der Waals surface area contributed by atoms with E-state index in [1.165, 1.54) is 17.7 Å². The van der Waals surface area contributed by atoms with Gasteiger partial charge in [-0.05, 0) is 50.6 Å². The molecule has 0 amide bonds. The summed E-state index contributed by atoms with van der Waals surface area (Å²) in [6.07, 6.45) is 6.25. The number of hydrogen-bond acceptors (Lipinski definition) is 4. The summed E-state index contributed by atoms with van der Waals surface area (Å²) >= 11 is 0. The molecule has 0 saturated carbocycles. The second-order valence-electron chi connectivity index (χ2n) is 6.63. The van der Waals surface area contributed by atoms with Crippen LogP contribution in [-0.4, -0.2) is 29.7 Å². The van der Waals surface area contributed by atoms with E-state index in [0.29, 0.717) is 12.0 Å². The van der Waals surface area contributed by atoms with Crippen molar-refractivity contribution in [2.24, 2.45) is 5.92 Å². The fraction of sp³-hybridized carbons (Fsp3) is 0.765. The van der Waals surface area contributed by atoms with Gasteiger partial charge in [0.05, 0.1) is 0 Å². The zero-order chi connectivity index (χ0) is 15.5. The van der Waals surface area contributed by atoms with E-state index in [4.69, 9.17) is 9.72 Å². The fourth-order valence-electron chi connectivity index (χ4n) is 2.81. The second-order valence-corrected chi connectivity index (χ2v) is 6.63. The summed E-state index contributed by atoms with van der Waals surface area (Å²) in [7, 11) is 1.74. The number of aryl methyl sites for hydroxylation is 1. The van der Waals surface area contributed by atoms with E-state index in [2.05, 4.69) is 38.0 Å². The Balaban J connectivity index is 2.10. The van der Waals surface area contributed by atoms with Crippen molar-refractivity contribution in [3.63, 3.8) is 0 Å². The third-order valence-electron chi connectivity index (χ3n) is 4.67. The molecule has 0 fully saturated rings. The third kappa shape index (κ3) is 3.80. The molecular formula is C17H29N3O. The van der Waals surface area contributed by atoms with E-state index in [-0.39, 0.29) is 5.60 Å². The summed E-state index contributed by atoms with van der Waals surface area (Å²) in [6, 6.07) is 0.553. The van der Waals surface area contributed by atoms with Gasteiger partial charge >= 0.3 is 0 Å². The quantitative estimate of drug-likeness (QED) is 0.875. The van der Waals surface area contributed by atoms with Crippen LogP contribution in [0, 0.1) is 5.92 Å². The number of nitrogens with one attached hydrogen (secondary N) is 1. The van der Waals surface area contributed by atoms with Crippen molar-refractivity contribution in [1.82, 2.24) is 15.3 Å². The van der Waals surface area contributed by atoms with Crippen LogP contribution in [0.5, 0.6) is 0 Å². The first-order valence-corrected chi connectivity index (χ1v) is 8.12. The highest BCUT2D eigenvalue weighted by molar-refractivity contribution is 5.23. The van der Waals surface area contributed by atoms with Gasteiger partial charge in [0.15, 0.2) is 5.82 Å². The van der Waals surface area contributed by atoms with Crippen molar-refractivity contribution in [3.05, 3.63) is 23.3 Å². The molecule has 1 aliphatic rings. The van der Waals surface area contributed by atoms with Crippen molar-refractivity contribution < 1.29 is 4.74 Å². The maximum Gasteiger partial charge on any atom is 0.160 e. The lowest BCUT2D eigenvalue weighted by atomic mass is 9.87. The van der Waals surface area contributed by atoms with Crippen LogP contribution < -0.4 is 5.32 Å². The van der Waals surface area contributed by atoms with Gasteiger partial charge in [-0.25, -0.2) is 9.97 Å². The molecule has 0 radical (unpaired) electrons. The Hall–Kier alpha value is -1.00. The van der Waals surface area contributed by atoms with E-state index in [0.717, 1.165) is 31.6 Å². The first-order chi connectivity index (χ1) is 9.98. The minimum Gasteiger partial charge on any atom is -0.371 e. The topological polar surface area (TPSA) is 47.0 Å². The summed E-state index contributed by atoms with van der Waals surface area (Å²) in [5, 5.41) is 3.54. The molecule has 2 rings (SSSR count). The zero-order valence-electron chi connectivity index (χ0n) is 14.1. The molecule has 0 spiro atoms. The number of nitrogens with zero attached hydrogens (tertiary/aromatic N) is 2. The van der Waals surface area contributed by atoms with Crippen LogP contribution in [0.4, 0.5) is 0 Å². The molecule has 2 atom stereocenters. The van der Waals surface area contributed by atoms with Gasteiger partial charge in [-0.15, -0.1) is 0 Å². The molecule has 1 aromatic rings. The van der Waals surface area contributed by atoms with E-state index in [1.54, 1.807) is 7.11 Å². The summed E-state index contributed by atoms with van der Waals surface area (Å²) in [4.78, 5) is 9.38. The van der Waals surface area contributed by atoms with Crippen molar-refractivity contribution in [2.45, 2.75) is 65.0 Å². The lowest BCUT2D eigenvalue weighted by Crippen LogP contribution is -2.33. The number of aromatic nitrogens is 2. The third-order valence-corrected chi connectivity index (χ3v) is 4.67. The molecule has 4 nitrogen and oxygen atoms in total. The average Bonchev–Trinajstić information content (AvgIpc) is 2.51. The minimum absolute atomic E-state index is 0.370. The number of rotatable bonds is 6. The van der Waals surface area contributed by atoms with Crippen molar-refractivity contribution >= 4 is 0 Å². The molecule has 1 N–H and O–H groups in total. The Morgan fingerprint density at radius 3 is 2.86 bits per heavy atom. The molecular weight excluding hydrogens is 262 g/mol. The fourth-order valence-corrected chi connectivity index (χ4v) is 2.81. The number of ether oxygens (including phenoxy) is 1. The van der Waals surface area contributed by atoms with Gasteiger partial charge in [0.25, 0.3) is 0 Å². The zero-order valence-corrected chi connectivity index (χ0v) is 14.1. The summed E-state index contributed by atoms with van der Waals surface area (Å²) in [5.41, 5.74) is 2.16. The van der Waals surface area contributed by atoms with Crippen LogP contribution in [0.2, 0.25) is 0 Å². The summed E-state index contributed by atoms with van der Waals surface area (Å²) in [6.45, 7) is 9.65.